The van der Waals surface area contributed by atoms with Crippen molar-refractivity contribution in [1.29, 1.82) is 0 Å². The minimum atomic E-state index is -0.873. The summed E-state index contributed by atoms with van der Waals surface area (Å²) < 4.78 is 33.0. The van der Waals surface area contributed by atoms with E-state index in [-0.39, 0.29) is 17.4 Å². The largest absolute Gasteiger partial charge is 0.383 e. The molecular formula is C16H17F2N5OS2. The molecule has 0 saturated carbocycles. The molecule has 0 aliphatic heterocycles. The summed E-state index contributed by atoms with van der Waals surface area (Å²) in [6.45, 7) is 2.45. The maximum absolute atomic E-state index is 13.8. The number of rotatable bonds is 7. The smallest absolute Gasteiger partial charge is 0.191 e. The molecule has 26 heavy (non-hydrogen) atoms. The second-order valence-electron chi connectivity index (χ2n) is 5.56. The van der Waals surface area contributed by atoms with Crippen LogP contribution in [0.1, 0.15) is 12.5 Å². The van der Waals surface area contributed by atoms with Gasteiger partial charge in [0.25, 0.3) is 0 Å². The van der Waals surface area contributed by atoms with E-state index in [2.05, 4.69) is 20.3 Å². The van der Waals surface area contributed by atoms with Crippen molar-refractivity contribution in [2.75, 3.05) is 24.8 Å². The molecule has 0 bridgehead atoms. The van der Waals surface area contributed by atoms with Gasteiger partial charge >= 0.3 is 0 Å². The van der Waals surface area contributed by atoms with Gasteiger partial charge in [-0.2, -0.15) is 0 Å². The third-order valence-corrected chi connectivity index (χ3v) is 5.21. The third kappa shape index (κ3) is 4.19. The van der Waals surface area contributed by atoms with E-state index in [0.717, 1.165) is 10.8 Å². The van der Waals surface area contributed by atoms with Crippen LogP contribution >= 0.6 is 23.1 Å². The van der Waals surface area contributed by atoms with Crippen LogP contribution in [0.4, 0.5) is 19.7 Å². The Balaban J connectivity index is 1.87. The van der Waals surface area contributed by atoms with Crippen LogP contribution in [-0.2, 0) is 10.5 Å². The molecule has 0 spiro atoms. The van der Waals surface area contributed by atoms with Crippen molar-refractivity contribution in [1.82, 2.24) is 15.0 Å². The number of hydrogen-bond donors (Lipinski definition) is 2. The summed E-state index contributed by atoms with van der Waals surface area (Å²) in [5.41, 5.74) is 6.51. The maximum Gasteiger partial charge on any atom is 0.191 e. The number of thioether (sulfide) groups is 1. The number of nitrogen functional groups attached to an aromatic ring is 1. The molecule has 3 N–H and O–H groups in total. The van der Waals surface area contributed by atoms with Crippen molar-refractivity contribution >= 4 is 44.4 Å². The number of ether oxygens (including phenoxy) is 1. The van der Waals surface area contributed by atoms with E-state index in [1.807, 2.05) is 6.92 Å². The first-order valence-electron chi connectivity index (χ1n) is 7.73. The van der Waals surface area contributed by atoms with Gasteiger partial charge in [-0.25, -0.2) is 23.7 Å². The quantitative estimate of drug-likeness (QED) is 0.464. The van der Waals surface area contributed by atoms with Crippen LogP contribution < -0.4 is 11.1 Å². The average molecular weight is 397 g/mol. The van der Waals surface area contributed by atoms with E-state index in [0.29, 0.717) is 28.4 Å². The molecule has 3 rings (SSSR count). The van der Waals surface area contributed by atoms with Crippen LogP contribution in [0.2, 0.25) is 0 Å². The minimum Gasteiger partial charge on any atom is -0.383 e. The summed E-state index contributed by atoms with van der Waals surface area (Å²) in [5, 5.41) is 4.04. The van der Waals surface area contributed by atoms with Gasteiger partial charge in [-0.05, 0) is 13.0 Å². The predicted octanol–water partition coefficient (Wildman–Crippen LogP) is 3.69. The number of anilines is 2. The first-order valence-corrected chi connectivity index (χ1v) is 9.53. The first kappa shape index (κ1) is 18.7. The monoisotopic (exact) mass is 397 g/mol. The highest BCUT2D eigenvalue weighted by atomic mass is 32.2. The van der Waals surface area contributed by atoms with Crippen molar-refractivity contribution in [2.45, 2.75) is 23.9 Å². The van der Waals surface area contributed by atoms with Crippen LogP contribution in [0.5, 0.6) is 0 Å². The average Bonchev–Trinajstić information content (AvgIpc) is 2.97. The SMILES string of the molecule is COCC(C)Nc1nc(SCc2cccc(F)c2F)nc2nc(N)sc12. The molecule has 0 radical (unpaired) electrons. The van der Waals surface area contributed by atoms with Crippen molar-refractivity contribution in [3.05, 3.63) is 35.4 Å². The molecule has 3 aromatic rings. The molecule has 1 aromatic carbocycles. The van der Waals surface area contributed by atoms with Crippen LogP contribution in [0, 0.1) is 11.6 Å². The summed E-state index contributed by atoms with van der Waals surface area (Å²) in [6.07, 6.45) is 0. The van der Waals surface area contributed by atoms with Gasteiger partial charge in [0.1, 0.15) is 4.70 Å². The van der Waals surface area contributed by atoms with Gasteiger partial charge in [-0.3, -0.25) is 0 Å². The number of nitrogens with one attached hydrogen (secondary N) is 1. The molecule has 2 heterocycles. The Kier molecular flexibility index (Phi) is 5.84. The number of benzene rings is 1. The lowest BCUT2D eigenvalue weighted by Crippen LogP contribution is -2.21. The zero-order valence-corrected chi connectivity index (χ0v) is 15.8. The maximum atomic E-state index is 13.8. The fourth-order valence-corrected chi connectivity index (χ4v) is 3.85. The minimum absolute atomic E-state index is 0.0138. The number of hydrogen-bond acceptors (Lipinski definition) is 8. The van der Waals surface area contributed by atoms with Gasteiger partial charge in [0.05, 0.1) is 6.61 Å². The summed E-state index contributed by atoms with van der Waals surface area (Å²) in [7, 11) is 1.62. The second kappa shape index (κ2) is 8.11. The molecule has 1 atom stereocenters. The Morgan fingerprint density at radius 2 is 2.12 bits per heavy atom. The van der Waals surface area contributed by atoms with Crippen LogP contribution in [0.3, 0.4) is 0 Å². The van der Waals surface area contributed by atoms with Gasteiger partial charge in [0.15, 0.2) is 33.4 Å². The molecule has 0 amide bonds. The fourth-order valence-electron chi connectivity index (χ4n) is 2.31. The Hall–Kier alpha value is -2.04. The van der Waals surface area contributed by atoms with Crippen molar-refractivity contribution < 1.29 is 13.5 Å². The summed E-state index contributed by atoms with van der Waals surface area (Å²) in [4.78, 5) is 13.0. The lowest BCUT2D eigenvalue weighted by Gasteiger charge is -2.14. The second-order valence-corrected chi connectivity index (χ2v) is 7.54. The highest BCUT2D eigenvalue weighted by molar-refractivity contribution is 7.98. The van der Waals surface area contributed by atoms with Gasteiger partial charge in [-0.15, -0.1) is 0 Å². The number of thiazole rings is 1. The predicted molar refractivity (Wildman–Crippen MR) is 101 cm³/mol. The summed E-state index contributed by atoms with van der Waals surface area (Å²) in [6, 6.07) is 4.10. The fraction of sp³-hybridized carbons (Fsp3) is 0.312. The zero-order chi connectivity index (χ0) is 18.7. The number of aromatic nitrogens is 3. The van der Waals surface area contributed by atoms with Crippen LogP contribution in [0.15, 0.2) is 23.4 Å². The van der Waals surface area contributed by atoms with Crippen molar-refractivity contribution in [3.63, 3.8) is 0 Å². The first-order chi connectivity index (χ1) is 12.5. The third-order valence-electron chi connectivity index (χ3n) is 3.44. The Morgan fingerprint density at radius 3 is 2.88 bits per heavy atom. The molecule has 138 valence electrons. The standard InChI is InChI=1S/C16H17F2N5OS2/c1-8(6-24-2)20-13-12-14(21-15(19)26-12)23-16(22-13)25-7-9-4-3-5-10(17)11(9)18/h3-5,8H,6-7H2,1-2H3,(H3,19,20,21,22,23). The number of fused-ring (bicyclic) bond motifs is 1. The van der Waals surface area contributed by atoms with E-state index in [1.165, 1.54) is 35.2 Å². The van der Waals surface area contributed by atoms with E-state index >= 15 is 0 Å². The van der Waals surface area contributed by atoms with Crippen LogP contribution in [0.25, 0.3) is 10.3 Å². The Morgan fingerprint density at radius 1 is 1.31 bits per heavy atom. The van der Waals surface area contributed by atoms with Crippen molar-refractivity contribution in [3.8, 4) is 0 Å². The Labute approximate surface area is 157 Å². The van der Waals surface area contributed by atoms with Gasteiger partial charge in [0, 0.05) is 24.5 Å². The highest BCUT2D eigenvalue weighted by Crippen LogP contribution is 2.32. The molecular weight excluding hydrogens is 380 g/mol. The zero-order valence-electron chi connectivity index (χ0n) is 14.1. The molecule has 10 heteroatoms. The molecule has 1 unspecified atom stereocenters. The molecule has 0 aliphatic carbocycles. The normalized spacial score (nSPS) is 12.5. The lowest BCUT2D eigenvalue weighted by atomic mass is 10.2. The topological polar surface area (TPSA) is 86.0 Å². The molecule has 0 aliphatic rings. The molecule has 0 fully saturated rings. The summed E-state index contributed by atoms with van der Waals surface area (Å²) >= 11 is 2.48. The lowest BCUT2D eigenvalue weighted by molar-refractivity contribution is 0.190. The van der Waals surface area contributed by atoms with E-state index < -0.39 is 11.6 Å². The van der Waals surface area contributed by atoms with Gasteiger partial charge < -0.3 is 15.8 Å². The molecule has 0 saturated heterocycles. The van der Waals surface area contributed by atoms with E-state index in [9.17, 15) is 8.78 Å². The van der Waals surface area contributed by atoms with E-state index in [4.69, 9.17) is 10.5 Å². The number of nitrogens with two attached hydrogens (primary N) is 1. The van der Waals surface area contributed by atoms with Gasteiger partial charge in [-0.1, -0.05) is 35.2 Å². The van der Waals surface area contributed by atoms with Crippen molar-refractivity contribution in [2.24, 2.45) is 0 Å². The molecule has 6 nitrogen and oxygen atoms in total. The number of nitrogens with zero attached hydrogens (tertiary/aromatic N) is 3. The Bertz CT molecular complexity index is 921. The highest BCUT2D eigenvalue weighted by Gasteiger charge is 2.16. The number of halogens is 2. The van der Waals surface area contributed by atoms with Gasteiger partial charge in [0.2, 0.25) is 0 Å². The number of methoxy groups -OCH3 is 1. The summed E-state index contributed by atoms with van der Waals surface area (Å²) in [5.74, 6) is -0.939. The van der Waals surface area contributed by atoms with E-state index in [1.54, 1.807) is 7.11 Å². The van der Waals surface area contributed by atoms with Crippen LogP contribution in [-0.4, -0.2) is 34.7 Å². The molecule has 2 aromatic heterocycles.